The van der Waals surface area contributed by atoms with Crippen molar-refractivity contribution >= 4 is 5.91 Å². The zero-order valence-electron chi connectivity index (χ0n) is 8.47. The summed E-state index contributed by atoms with van der Waals surface area (Å²) in [4.78, 5) is 10.8. The van der Waals surface area contributed by atoms with Gasteiger partial charge in [-0.1, -0.05) is 19.3 Å². The Labute approximate surface area is 79.5 Å². The van der Waals surface area contributed by atoms with Gasteiger partial charge in [0.25, 0.3) is 0 Å². The fraction of sp³-hybridized carbons (Fsp3) is 0.900. The topological polar surface area (TPSA) is 49.3 Å². The standard InChI is InChI=1S/C10H19NO2/c1-8(11-9(2)12)10(13)6-4-3-5-7-10/h8,13H,3-7H2,1-2H3,(H,11,12)/t8-/m1/s1. The number of hydrogen-bond acceptors (Lipinski definition) is 2. The maximum Gasteiger partial charge on any atom is 0.217 e. The van der Waals surface area contributed by atoms with Crippen LogP contribution in [0.25, 0.3) is 0 Å². The summed E-state index contributed by atoms with van der Waals surface area (Å²) in [5.41, 5.74) is -0.663. The second kappa shape index (κ2) is 4.09. The summed E-state index contributed by atoms with van der Waals surface area (Å²) in [6, 6.07) is -0.120. The van der Waals surface area contributed by atoms with Crippen LogP contribution in [0.1, 0.15) is 46.0 Å². The second-order valence-corrected chi connectivity index (χ2v) is 4.09. The second-order valence-electron chi connectivity index (χ2n) is 4.09. The van der Waals surface area contributed by atoms with E-state index in [9.17, 15) is 9.90 Å². The molecule has 1 aliphatic rings. The van der Waals surface area contributed by atoms with E-state index in [4.69, 9.17) is 0 Å². The lowest BCUT2D eigenvalue weighted by molar-refractivity contribution is -0.122. The minimum atomic E-state index is -0.663. The van der Waals surface area contributed by atoms with Gasteiger partial charge in [0.05, 0.1) is 11.6 Å². The van der Waals surface area contributed by atoms with E-state index in [1.54, 1.807) is 0 Å². The molecule has 3 heteroatoms. The molecule has 1 atom stereocenters. The fourth-order valence-corrected chi connectivity index (χ4v) is 2.04. The van der Waals surface area contributed by atoms with E-state index in [2.05, 4.69) is 5.32 Å². The monoisotopic (exact) mass is 185 g/mol. The molecule has 1 fully saturated rings. The number of aliphatic hydroxyl groups is 1. The summed E-state index contributed by atoms with van der Waals surface area (Å²) >= 11 is 0. The van der Waals surface area contributed by atoms with Crippen molar-refractivity contribution in [3.8, 4) is 0 Å². The number of hydrogen-bond donors (Lipinski definition) is 2. The third kappa shape index (κ3) is 2.69. The SMILES string of the molecule is CC(=O)N[C@H](C)C1(O)CCCCC1. The van der Waals surface area contributed by atoms with E-state index >= 15 is 0 Å². The first-order valence-corrected chi connectivity index (χ1v) is 5.04. The smallest absolute Gasteiger partial charge is 0.217 e. The van der Waals surface area contributed by atoms with Gasteiger partial charge in [0.2, 0.25) is 5.91 Å². The van der Waals surface area contributed by atoms with Crippen molar-refractivity contribution in [1.82, 2.24) is 5.32 Å². The Hall–Kier alpha value is -0.570. The van der Waals surface area contributed by atoms with Crippen LogP contribution in [0.4, 0.5) is 0 Å². The van der Waals surface area contributed by atoms with Gasteiger partial charge in [0.15, 0.2) is 0 Å². The molecule has 0 aliphatic heterocycles. The highest BCUT2D eigenvalue weighted by Gasteiger charge is 2.35. The Morgan fingerprint density at radius 2 is 1.92 bits per heavy atom. The zero-order valence-corrected chi connectivity index (χ0v) is 8.47. The Balaban J connectivity index is 2.51. The lowest BCUT2D eigenvalue weighted by atomic mass is 9.80. The minimum Gasteiger partial charge on any atom is -0.388 e. The molecule has 0 unspecified atom stereocenters. The first-order valence-electron chi connectivity index (χ1n) is 5.04. The molecule has 0 spiro atoms. The van der Waals surface area contributed by atoms with Gasteiger partial charge in [-0.25, -0.2) is 0 Å². The van der Waals surface area contributed by atoms with Crippen molar-refractivity contribution in [3.05, 3.63) is 0 Å². The third-order valence-electron chi connectivity index (χ3n) is 2.95. The van der Waals surface area contributed by atoms with Gasteiger partial charge in [-0.3, -0.25) is 4.79 Å². The highest BCUT2D eigenvalue weighted by atomic mass is 16.3. The minimum absolute atomic E-state index is 0.0634. The van der Waals surface area contributed by atoms with Crippen LogP contribution in [0.5, 0.6) is 0 Å². The number of carbonyl (C=O) groups excluding carboxylic acids is 1. The van der Waals surface area contributed by atoms with E-state index in [0.29, 0.717) is 0 Å². The van der Waals surface area contributed by atoms with Gasteiger partial charge in [-0.05, 0) is 19.8 Å². The number of rotatable bonds is 2. The summed E-state index contributed by atoms with van der Waals surface area (Å²) in [5, 5.41) is 12.9. The van der Waals surface area contributed by atoms with Crippen molar-refractivity contribution in [2.24, 2.45) is 0 Å². The van der Waals surface area contributed by atoms with Crippen molar-refractivity contribution in [2.75, 3.05) is 0 Å². The lowest BCUT2D eigenvalue weighted by Crippen LogP contribution is -2.51. The molecule has 1 aliphatic carbocycles. The summed E-state index contributed by atoms with van der Waals surface area (Å²) in [6.07, 6.45) is 4.97. The van der Waals surface area contributed by atoms with Crippen molar-refractivity contribution in [2.45, 2.75) is 57.6 Å². The Morgan fingerprint density at radius 3 is 2.38 bits per heavy atom. The molecule has 1 rings (SSSR count). The van der Waals surface area contributed by atoms with Crippen LogP contribution >= 0.6 is 0 Å². The molecule has 0 saturated heterocycles. The normalized spacial score (nSPS) is 23.6. The van der Waals surface area contributed by atoms with Gasteiger partial charge in [0, 0.05) is 6.92 Å². The average molecular weight is 185 g/mol. The Bertz CT molecular complexity index is 185. The van der Waals surface area contributed by atoms with Crippen LogP contribution in [-0.2, 0) is 4.79 Å². The summed E-state index contributed by atoms with van der Waals surface area (Å²) in [6.45, 7) is 3.37. The molecule has 13 heavy (non-hydrogen) atoms. The number of nitrogens with one attached hydrogen (secondary N) is 1. The fourth-order valence-electron chi connectivity index (χ4n) is 2.04. The Kier molecular flexibility index (Phi) is 3.31. The molecule has 0 heterocycles. The van der Waals surface area contributed by atoms with Gasteiger partial charge < -0.3 is 10.4 Å². The average Bonchev–Trinajstić information content (AvgIpc) is 2.04. The van der Waals surface area contributed by atoms with Crippen molar-refractivity contribution < 1.29 is 9.90 Å². The highest BCUT2D eigenvalue weighted by Crippen LogP contribution is 2.30. The largest absolute Gasteiger partial charge is 0.388 e. The van der Waals surface area contributed by atoms with Gasteiger partial charge in [-0.2, -0.15) is 0 Å². The van der Waals surface area contributed by atoms with Crippen LogP contribution in [0, 0.1) is 0 Å². The van der Waals surface area contributed by atoms with Crippen LogP contribution < -0.4 is 5.32 Å². The lowest BCUT2D eigenvalue weighted by Gasteiger charge is -2.37. The molecule has 76 valence electrons. The predicted molar refractivity (Wildman–Crippen MR) is 51.3 cm³/mol. The maximum absolute atomic E-state index is 10.8. The molecule has 2 N–H and O–H groups in total. The zero-order chi connectivity index (χ0) is 9.90. The maximum atomic E-state index is 10.8. The van der Waals surface area contributed by atoms with Gasteiger partial charge in [0.1, 0.15) is 0 Å². The van der Waals surface area contributed by atoms with Crippen molar-refractivity contribution in [3.63, 3.8) is 0 Å². The first kappa shape index (κ1) is 10.5. The highest BCUT2D eigenvalue weighted by molar-refractivity contribution is 5.73. The predicted octanol–water partition coefficient (Wildman–Crippen LogP) is 1.21. The van der Waals surface area contributed by atoms with Crippen LogP contribution in [0.15, 0.2) is 0 Å². The van der Waals surface area contributed by atoms with E-state index in [0.717, 1.165) is 25.7 Å². The third-order valence-corrected chi connectivity index (χ3v) is 2.95. The van der Waals surface area contributed by atoms with Crippen LogP contribution in [0.3, 0.4) is 0 Å². The first-order chi connectivity index (χ1) is 6.04. The quantitative estimate of drug-likeness (QED) is 0.679. The molecule has 0 aromatic carbocycles. The van der Waals surface area contributed by atoms with E-state index in [1.165, 1.54) is 13.3 Å². The molecular formula is C10H19NO2. The number of carbonyl (C=O) groups is 1. The van der Waals surface area contributed by atoms with Gasteiger partial charge >= 0.3 is 0 Å². The number of amides is 1. The van der Waals surface area contributed by atoms with E-state index in [1.807, 2.05) is 6.92 Å². The van der Waals surface area contributed by atoms with E-state index in [-0.39, 0.29) is 11.9 Å². The van der Waals surface area contributed by atoms with Crippen LogP contribution in [0.2, 0.25) is 0 Å². The molecule has 0 aromatic rings. The Morgan fingerprint density at radius 1 is 1.38 bits per heavy atom. The molecule has 0 bridgehead atoms. The summed E-state index contributed by atoms with van der Waals surface area (Å²) in [5.74, 6) is -0.0634. The van der Waals surface area contributed by atoms with E-state index < -0.39 is 5.60 Å². The molecule has 3 nitrogen and oxygen atoms in total. The molecule has 0 aromatic heterocycles. The summed E-state index contributed by atoms with van der Waals surface area (Å²) < 4.78 is 0. The van der Waals surface area contributed by atoms with Crippen LogP contribution in [-0.4, -0.2) is 22.7 Å². The molecular weight excluding hydrogens is 166 g/mol. The molecule has 1 amide bonds. The van der Waals surface area contributed by atoms with Gasteiger partial charge in [-0.15, -0.1) is 0 Å². The summed E-state index contributed by atoms with van der Waals surface area (Å²) in [7, 11) is 0. The van der Waals surface area contributed by atoms with Crippen molar-refractivity contribution in [1.29, 1.82) is 0 Å². The molecule has 1 saturated carbocycles. The molecule has 0 radical (unpaired) electrons.